The third-order valence-electron chi connectivity index (χ3n) is 7.14. The molecule has 0 bridgehead atoms. The van der Waals surface area contributed by atoms with Crippen molar-refractivity contribution >= 4 is 13.8 Å². The monoisotopic (exact) mass is 682 g/mol. The highest BCUT2D eigenvalue weighted by Crippen LogP contribution is 2.43. The predicted molar refractivity (Wildman–Crippen MR) is 196 cm³/mol. The number of hydrogen-bond acceptors (Lipinski definition) is 6. The highest BCUT2D eigenvalue weighted by atomic mass is 31.2. The molecule has 0 aliphatic heterocycles. The number of nitrogens with zero attached hydrogens (tertiary/aromatic N) is 1. The molecule has 0 aromatic rings. The SMILES string of the molecule is CC/C=C\C/C=C\C/C=C\C/C=C\C/C=C\CCCCCCCCCCCCOCC(COP(=O)(O)OCC[N+](C)(C)C)OC(C)=O. The first kappa shape index (κ1) is 45.2. The molecule has 0 fully saturated rings. The number of esters is 1. The third kappa shape index (κ3) is 36.9. The van der Waals surface area contributed by atoms with Crippen molar-refractivity contribution in [2.75, 3.05) is 54.1 Å². The van der Waals surface area contributed by atoms with Crippen LogP contribution in [0.4, 0.5) is 0 Å². The number of allylic oxidation sites excluding steroid dienone is 10. The lowest BCUT2D eigenvalue weighted by molar-refractivity contribution is -0.870. The average Bonchev–Trinajstić information content (AvgIpc) is 3.00. The van der Waals surface area contributed by atoms with Crippen molar-refractivity contribution < 1.29 is 37.3 Å². The summed E-state index contributed by atoms with van der Waals surface area (Å²) in [4.78, 5) is 21.3. The van der Waals surface area contributed by atoms with Crippen LogP contribution >= 0.6 is 7.82 Å². The molecule has 2 atom stereocenters. The van der Waals surface area contributed by atoms with E-state index in [0.29, 0.717) is 17.6 Å². The maximum Gasteiger partial charge on any atom is 0.472 e. The average molecular weight is 683 g/mol. The van der Waals surface area contributed by atoms with E-state index < -0.39 is 19.9 Å². The van der Waals surface area contributed by atoms with Crippen molar-refractivity contribution in [3.8, 4) is 0 Å². The second-order valence-corrected chi connectivity index (χ2v) is 14.4. The zero-order valence-corrected chi connectivity index (χ0v) is 31.4. The fraction of sp³-hybridized carbons (Fsp3) is 0.711. The maximum absolute atomic E-state index is 12.1. The van der Waals surface area contributed by atoms with Crippen LogP contribution in [0.5, 0.6) is 0 Å². The van der Waals surface area contributed by atoms with E-state index in [9.17, 15) is 14.3 Å². The van der Waals surface area contributed by atoms with Gasteiger partial charge in [0.2, 0.25) is 0 Å². The molecule has 8 nitrogen and oxygen atoms in total. The fourth-order valence-corrected chi connectivity index (χ4v) is 5.20. The lowest BCUT2D eigenvalue weighted by Gasteiger charge is -2.24. The van der Waals surface area contributed by atoms with Gasteiger partial charge in [0.1, 0.15) is 19.3 Å². The molecule has 0 saturated carbocycles. The van der Waals surface area contributed by atoms with E-state index in [0.717, 1.165) is 44.9 Å². The van der Waals surface area contributed by atoms with E-state index in [1.165, 1.54) is 64.7 Å². The Morgan fingerprint density at radius 3 is 1.62 bits per heavy atom. The zero-order chi connectivity index (χ0) is 34.9. The highest BCUT2D eigenvalue weighted by molar-refractivity contribution is 7.47. The summed E-state index contributed by atoms with van der Waals surface area (Å²) in [5.74, 6) is -0.494. The smallest absolute Gasteiger partial charge is 0.458 e. The second kappa shape index (κ2) is 31.5. The molecule has 0 aliphatic rings. The number of phosphoric ester groups is 1. The molecule has 2 unspecified atom stereocenters. The van der Waals surface area contributed by atoms with Crippen LogP contribution < -0.4 is 0 Å². The van der Waals surface area contributed by atoms with Gasteiger partial charge in [-0.25, -0.2) is 4.57 Å². The Kier molecular flexibility index (Phi) is 30.3. The fourth-order valence-electron chi connectivity index (χ4n) is 4.46. The van der Waals surface area contributed by atoms with Gasteiger partial charge in [-0.15, -0.1) is 0 Å². The van der Waals surface area contributed by atoms with Gasteiger partial charge in [-0.1, -0.05) is 119 Å². The Hall–Kier alpha value is -1.80. The van der Waals surface area contributed by atoms with Crippen molar-refractivity contribution in [2.45, 2.75) is 123 Å². The molecule has 1 N–H and O–H groups in total. The summed E-state index contributed by atoms with van der Waals surface area (Å²) < 4.78 is 33.6. The first-order chi connectivity index (χ1) is 22.6. The van der Waals surface area contributed by atoms with Crippen LogP contribution in [0.15, 0.2) is 60.8 Å². The molecule has 272 valence electrons. The summed E-state index contributed by atoms with van der Waals surface area (Å²) in [6.45, 7) is 4.48. The second-order valence-electron chi connectivity index (χ2n) is 13.0. The van der Waals surface area contributed by atoms with Gasteiger partial charge in [0, 0.05) is 13.5 Å². The summed E-state index contributed by atoms with van der Waals surface area (Å²) in [6, 6.07) is 0. The highest BCUT2D eigenvalue weighted by Gasteiger charge is 2.25. The summed E-state index contributed by atoms with van der Waals surface area (Å²) in [5, 5.41) is 0. The summed E-state index contributed by atoms with van der Waals surface area (Å²) in [7, 11) is 1.64. The minimum absolute atomic E-state index is 0.0818. The van der Waals surface area contributed by atoms with Gasteiger partial charge in [-0.3, -0.25) is 13.8 Å². The number of ether oxygens (including phenoxy) is 2. The Bertz CT molecular complexity index is 937. The van der Waals surface area contributed by atoms with Crippen LogP contribution in [0.2, 0.25) is 0 Å². The standard InChI is InChI=1S/C38H68NO7P/c1-6-7-8-9-10-11-12-13-14-15-16-17-18-19-20-21-22-23-24-25-26-27-28-29-30-31-33-43-35-38(46-37(2)40)36-45-47(41,42)44-34-32-39(3,4)5/h7-8,10-11,13-14,16-17,19-20,38H,6,9,12,15,18,21-36H2,1-5H3/p+1/b8-7-,11-10-,14-13-,17-16-,20-19-. The molecule has 0 spiro atoms. The quantitative estimate of drug-likeness (QED) is 0.0248. The van der Waals surface area contributed by atoms with E-state index in [-0.39, 0.29) is 19.8 Å². The predicted octanol–water partition coefficient (Wildman–Crippen LogP) is 9.82. The molecule has 0 saturated heterocycles. The van der Waals surface area contributed by atoms with Gasteiger partial charge < -0.3 is 18.9 Å². The molecule has 9 heteroatoms. The number of carbonyl (C=O) groups is 1. The molecule has 0 radical (unpaired) electrons. The van der Waals surface area contributed by atoms with Crippen molar-refractivity contribution in [1.82, 2.24) is 0 Å². The summed E-state index contributed by atoms with van der Waals surface area (Å²) >= 11 is 0. The minimum atomic E-state index is -4.23. The van der Waals surface area contributed by atoms with E-state index >= 15 is 0 Å². The van der Waals surface area contributed by atoms with E-state index in [1.54, 1.807) is 0 Å². The van der Waals surface area contributed by atoms with Gasteiger partial charge >= 0.3 is 13.8 Å². The molecule has 0 aliphatic carbocycles. The van der Waals surface area contributed by atoms with Crippen molar-refractivity contribution in [3.05, 3.63) is 60.8 Å². The van der Waals surface area contributed by atoms with Crippen molar-refractivity contribution in [1.29, 1.82) is 0 Å². The topological polar surface area (TPSA) is 91.3 Å². The van der Waals surface area contributed by atoms with Crippen LogP contribution in [-0.4, -0.2) is 75.6 Å². The van der Waals surface area contributed by atoms with E-state index in [4.69, 9.17) is 18.5 Å². The summed E-state index contributed by atoms with van der Waals surface area (Å²) in [6.07, 6.45) is 40.3. The molecule has 0 heterocycles. The molecule has 47 heavy (non-hydrogen) atoms. The largest absolute Gasteiger partial charge is 0.472 e. The van der Waals surface area contributed by atoms with Gasteiger partial charge in [0.05, 0.1) is 34.4 Å². The van der Waals surface area contributed by atoms with E-state index in [2.05, 4.69) is 67.7 Å². The van der Waals surface area contributed by atoms with Crippen LogP contribution in [0.1, 0.15) is 117 Å². The van der Waals surface area contributed by atoms with Crippen LogP contribution in [0.25, 0.3) is 0 Å². The molecule has 0 amide bonds. The number of quaternary nitrogens is 1. The number of hydrogen-bond donors (Lipinski definition) is 1. The molecule has 0 rings (SSSR count). The third-order valence-corrected chi connectivity index (χ3v) is 8.13. The Labute approximate surface area is 288 Å². The summed E-state index contributed by atoms with van der Waals surface area (Å²) in [5.41, 5.74) is 0. The Morgan fingerprint density at radius 2 is 1.13 bits per heavy atom. The molecular weight excluding hydrogens is 613 g/mol. The Balaban J connectivity index is 3.66. The van der Waals surface area contributed by atoms with Gasteiger partial charge in [-0.2, -0.15) is 0 Å². The molecule has 0 aromatic carbocycles. The number of rotatable bonds is 32. The molecule has 0 aromatic heterocycles. The first-order valence-electron chi connectivity index (χ1n) is 18.0. The van der Waals surface area contributed by atoms with Gasteiger partial charge in [0.25, 0.3) is 0 Å². The number of carbonyl (C=O) groups excluding carboxylic acids is 1. The zero-order valence-electron chi connectivity index (χ0n) is 30.5. The van der Waals surface area contributed by atoms with E-state index in [1.807, 2.05) is 21.1 Å². The van der Waals surface area contributed by atoms with Crippen LogP contribution in [-0.2, 0) is 27.9 Å². The van der Waals surface area contributed by atoms with Gasteiger partial charge in [-0.05, 0) is 51.4 Å². The number of phosphoric acid groups is 1. The lowest BCUT2D eigenvalue weighted by Crippen LogP contribution is -2.37. The lowest BCUT2D eigenvalue weighted by atomic mass is 10.1. The minimum Gasteiger partial charge on any atom is -0.458 e. The van der Waals surface area contributed by atoms with Crippen molar-refractivity contribution in [2.24, 2.45) is 0 Å². The maximum atomic E-state index is 12.1. The molecular formula is C38H69NO7P+. The van der Waals surface area contributed by atoms with Crippen LogP contribution in [0.3, 0.4) is 0 Å². The van der Waals surface area contributed by atoms with Crippen molar-refractivity contribution in [3.63, 3.8) is 0 Å². The normalized spacial score (nSPS) is 14.8. The Morgan fingerprint density at radius 1 is 0.660 bits per heavy atom. The number of likely N-dealkylation sites (N-methyl/N-ethyl adjacent to an activating group) is 1. The number of unbranched alkanes of at least 4 members (excludes halogenated alkanes) is 10. The first-order valence-corrected chi connectivity index (χ1v) is 19.5. The van der Waals surface area contributed by atoms with Crippen LogP contribution in [0, 0.1) is 0 Å². The van der Waals surface area contributed by atoms with Gasteiger partial charge in [0.15, 0.2) is 0 Å².